The standard InChI is InChI=1S/C104H76N2/c1-101(2)91-41-25-23-39-79(91)81-51-45-77(63-97(81)101)105(73-35-15-9-16-36-73)75-47-53-85-89(61-75)99(69-43-49-83-87-55-65-27-19-21-29-67(65)57-95(87)102(3,4)93(83)59-69)86-54-48-76(62-90(86)100(85)70-44-50-84-88-56-66-28-20-22-30-68(66)58-96(88)103(5,6)94(84)60-70)106(74-37-17-10-18-38-74)78-46-52-82-80-40-24-26-42-92(80)104(98(82)64-78,71-31-11-7-12-32-71)72-33-13-8-14-34-72/h7-64H,1-6H3. The molecule has 0 atom stereocenters. The van der Waals surface area contributed by atoms with Crippen molar-refractivity contribution in [2.75, 3.05) is 9.80 Å². The number of benzene rings is 17. The van der Waals surface area contributed by atoms with Crippen molar-refractivity contribution in [1.82, 2.24) is 0 Å². The minimum atomic E-state index is -0.595. The third kappa shape index (κ3) is 8.91. The van der Waals surface area contributed by atoms with Crippen molar-refractivity contribution < 1.29 is 0 Å². The van der Waals surface area contributed by atoms with Gasteiger partial charge in [0.05, 0.1) is 5.41 Å². The first kappa shape index (κ1) is 62.0. The smallest absolute Gasteiger partial charge is 0.0714 e. The topological polar surface area (TPSA) is 6.48 Å². The third-order valence-corrected chi connectivity index (χ3v) is 24.8. The van der Waals surface area contributed by atoms with E-state index in [1.165, 1.54) is 165 Å². The lowest BCUT2D eigenvalue weighted by molar-refractivity contribution is 0.660. The maximum absolute atomic E-state index is 2.56. The van der Waals surface area contributed by atoms with E-state index in [0.717, 1.165) is 34.1 Å². The van der Waals surface area contributed by atoms with Crippen molar-refractivity contribution in [2.24, 2.45) is 0 Å². The third-order valence-electron chi connectivity index (χ3n) is 24.8. The summed E-state index contributed by atoms with van der Waals surface area (Å²) in [5, 5.41) is 9.80. The molecule has 4 aliphatic rings. The molecule has 17 aromatic carbocycles. The van der Waals surface area contributed by atoms with E-state index in [1.807, 2.05) is 0 Å². The van der Waals surface area contributed by atoms with E-state index >= 15 is 0 Å². The zero-order valence-electron chi connectivity index (χ0n) is 60.4. The highest BCUT2D eigenvalue weighted by Crippen LogP contribution is 2.60. The Hall–Kier alpha value is -12.6. The number of para-hydroxylation sites is 2. The molecule has 0 N–H and O–H groups in total. The van der Waals surface area contributed by atoms with Gasteiger partial charge in [0.2, 0.25) is 0 Å². The number of anilines is 6. The molecule has 0 bridgehead atoms. The summed E-state index contributed by atoms with van der Waals surface area (Å²) in [5.74, 6) is 0. The van der Waals surface area contributed by atoms with Crippen LogP contribution in [-0.2, 0) is 21.7 Å². The average Bonchev–Trinajstić information content (AvgIpc) is 1.42. The van der Waals surface area contributed by atoms with Crippen LogP contribution < -0.4 is 9.80 Å². The lowest BCUT2D eigenvalue weighted by Gasteiger charge is -2.35. The second-order valence-electron chi connectivity index (χ2n) is 31.5. The lowest BCUT2D eigenvalue weighted by atomic mass is 9.67. The molecule has 106 heavy (non-hydrogen) atoms. The lowest BCUT2D eigenvalue weighted by Crippen LogP contribution is -2.28. The number of fused-ring (bicyclic) bond motifs is 16. The van der Waals surface area contributed by atoms with E-state index in [4.69, 9.17) is 0 Å². The van der Waals surface area contributed by atoms with Crippen LogP contribution in [0.15, 0.2) is 352 Å². The van der Waals surface area contributed by atoms with E-state index in [0.29, 0.717) is 0 Å². The van der Waals surface area contributed by atoms with Crippen LogP contribution in [0.4, 0.5) is 34.1 Å². The van der Waals surface area contributed by atoms with Gasteiger partial charge in [-0.2, -0.15) is 0 Å². The molecule has 0 fully saturated rings. The molecule has 0 saturated heterocycles. The van der Waals surface area contributed by atoms with Crippen molar-refractivity contribution in [2.45, 2.75) is 63.2 Å². The van der Waals surface area contributed by atoms with Gasteiger partial charge in [0.25, 0.3) is 0 Å². The summed E-state index contributed by atoms with van der Waals surface area (Å²) in [4.78, 5) is 5.01. The maximum Gasteiger partial charge on any atom is 0.0714 e. The minimum absolute atomic E-state index is 0.197. The van der Waals surface area contributed by atoms with Gasteiger partial charge in [0, 0.05) is 50.4 Å². The Balaban J connectivity index is 0.852. The van der Waals surface area contributed by atoms with Crippen LogP contribution in [0.25, 0.3) is 110 Å². The van der Waals surface area contributed by atoms with E-state index < -0.39 is 5.41 Å². The molecule has 0 unspecified atom stereocenters. The van der Waals surface area contributed by atoms with Gasteiger partial charge in [-0.15, -0.1) is 0 Å². The first-order valence-electron chi connectivity index (χ1n) is 37.5. The van der Waals surface area contributed by atoms with E-state index in [-0.39, 0.29) is 16.2 Å². The van der Waals surface area contributed by atoms with E-state index in [1.54, 1.807) is 0 Å². The van der Waals surface area contributed by atoms with Crippen molar-refractivity contribution in [3.8, 4) is 66.8 Å². The molecule has 17 aromatic rings. The summed E-state index contributed by atoms with van der Waals surface area (Å²) in [6.45, 7) is 14.5. The van der Waals surface area contributed by atoms with Crippen molar-refractivity contribution in [1.29, 1.82) is 0 Å². The predicted molar refractivity (Wildman–Crippen MR) is 447 cm³/mol. The molecule has 0 spiro atoms. The number of hydrogen-bond acceptors (Lipinski definition) is 2. The first-order valence-corrected chi connectivity index (χ1v) is 37.5. The maximum atomic E-state index is 2.56. The highest BCUT2D eigenvalue weighted by molar-refractivity contribution is 6.23. The summed E-state index contributed by atoms with van der Waals surface area (Å²) in [7, 11) is 0. The van der Waals surface area contributed by atoms with Gasteiger partial charge in [-0.05, 0) is 275 Å². The first-order chi connectivity index (χ1) is 51.8. The Bertz CT molecular complexity index is 6500. The van der Waals surface area contributed by atoms with Gasteiger partial charge < -0.3 is 9.80 Å². The van der Waals surface area contributed by atoms with Gasteiger partial charge in [0.15, 0.2) is 0 Å². The molecular formula is C104H76N2. The molecule has 2 heteroatoms. The van der Waals surface area contributed by atoms with Crippen LogP contribution in [0.1, 0.15) is 97.2 Å². The monoisotopic (exact) mass is 1350 g/mol. The van der Waals surface area contributed by atoms with Gasteiger partial charge in [-0.1, -0.05) is 284 Å². The van der Waals surface area contributed by atoms with Crippen molar-refractivity contribution in [3.05, 3.63) is 407 Å². The molecule has 21 rings (SSSR count). The highest BCUT2D eigenvalue weighted by atomic mass is 15.1. The quantitative estimate of drug-likeness (QED) is 0.126. The number of nitrogens with zero attached hydrogens (tertiary/aromatic N) is 2. The Morgan fingerprint density at radius 3 is 0.972 bits per heavy atom. The van der Waals surface area contributed by atoms with Crippen molar-refractivity contribution in [3.63, 3.8) is 0 Å². The van der Waals surface area contributed by atoms with Crippen LogP contribution >= 0.6 is 0 Å². The summed E-state index contributed by atoms with van der Waals surface area (Å²) in [6.07, 6.45) is 0. The molecule has 2 nitrogen and oxygen atoms in total. The number of rotatable bonds is 10. The Morgan fingerprint density at radius 1 is 0.189 bits per heavy atom. The van der Waals surface area contributed by atoms with Gasteiger partial charge in [0.1, 0.15) is 0 Å². The zero-order valence-corrected chi connectivity index (χ0v) is 60.4. The van der Waals surface area contributed by atoms with Gasteiger partial charge in [-0.3, -0.25) is 0 Å². The average molecular weight is 1350 g/mol. The molecule has 502 valence electrons. The van der Waals surface area contributed by atoms with Crippen LogP contribution in [-0.4, -0.2) is 0 Å². The molecule has 4 aliphatic carbocycles. The van der Waals surface area contributed by atoms with Gasteiger partial charge in [-0.25, -0.2) is 0 Å². The predicted octanol–water partition coefficient (Wildman–Crippen LogP) is 27.9. The van der Waals surface area contributed by atoms with Crippen LogP contribution in [0, 0.1) is 0 Å². The molecule has 0 heterocycles. The summed E-state index contributed by atoms with van der Waals surface area (Å²) >= 11 is 0. The number of hydrogen-bond donors (Lipinski definition) is 0. The van der Waals surface area contributed by atoms with Gasteiger partial charge >= 0.3 is 0 Å². The Kier molecular flexibility index (Phi) is 13.4. The van der Waals surface area contributed by atoms with E-state index in [9.17, 15) is 0 Å². The fraction of sp³-hybridized carbons (Fsp3) is 0.0962. The SMILES string of the molecule is CC1(C)c2ccccc2-c2ccc(N(c3ccccc3)c3ccc4c(-c5ccc6c(c5)C(C)(C)c5cc7ccccc7cc5-6)c5cc(N(c6ccccc6)c6ccc7c(c6)C(c6ccccc6)(c6ccccc6)c6ccccc6-7)ccc5c(-c5ccc6c(c5)C(C)(C)c5cc7ccccc7cc5-6)c4c3)cc21. The second kappa shape index (κ2) is 22.9. The fourth-order valence-electron chi connectivity index (χ4n) is 19.7. The second-order valence-corrected chi connectivity index (χ2v) is 31.5. The van der Waals surface area contributed by atoms with Crippen molar-refractivity contribution >= 4 is 77.2 Å². The molecule has 0 aromatic heterocycles. The summed E-state index contributed by atoms with van der Waals surface area (Å²) < 4.78 is 0. The minimum Gasteiger partial charge on any atom is -0.310 e. The largest absolute Gasteiger partial charge is 0.310 e. The fourth-order valence-corrected chi connectivity index (χ4v) is 19.7. The molecule has 0 amide bonds. The van der Waals surface area contributed by atoms with Crippen LogP contribution in [0.3, 0.4) is 0 Å². The molecule has 0 radical (unpaired) electrons. The normalized spacial score (nSPS) is 14.6. The van der Waals surface area contributed by atoms with Crippen LogP contribution in [0.5, 0.6) is 0 Å². The summed E-state index contributed by atoms with van der Waals surface area (Å²) in [6, 6.07) is 134. The van der Waals surface area contributed by atoms with E-state index in [2.05, 4.69) is 403 Å². The zero-order chi connectivity index (χ0) is 71.0. The molecule has 0 saturated carbocycles. The highest BCUT2D eigenvalue weighted by Gasteiger charge is 2.47. The van der Waals surface area contributed by atoms with Crippen LogP contribution in [0.2, 0.25) is 0 Å². The molecule has 0 aliphatic heterocycles. The Labute approximate surface area is 620 Å². The Morgan fingerprint density at radius 2 is 0.500 bits per heavy atom. The molecular weight excluding hydrogens is 1280 g/mol. The summed E-state index contributed by atoms with van der Waals surface area (Å²) in [5.41, 5.74) is 33.5.